The Morgan fingerprint density at radius 1 is 1.29 bits per heavy atom. The molecule has 0 spiro atoms. The summed E-state index contributed by atoms with van der Waals surface area (Å²) in [5.74, 6) is 0. The maximum absolute atomic E-state index is 10.5. The molecule has 0 aliphatic carbocycles. The first-order valence-corrected chi connectivity index (χ1v) is 8.22. The Bertz CT molecular complexity index is 439. The molecule has 0 saturated heterocycles. The zero-order chi connectivity index (χ0) is 15.9. The minimum Gasteiger partial charge on any atom is -0.390 e. The summed E-state index contributed by atoms with van der Waals surface area (Å²) in [5.41, 5.74) is 6.72. The molecular formula is C17H28ClNO2. The maximum Gasteiger partial charge on any atom is 0.0816 e. The van der Waals surface area contributed by atoms with Crippen LogP contribution in [-0.2, 0) is 6.42 Å². The van der Waals surface area contributed by atoms with Crippen molar-refractivity contribution in [2.75, 3.05) is 6.54 Å². The summed E-state index contributed by atoms with van der Waals surface area (Å²) < 4.78 is 0. The lowest BCUT2D eigenvalue weighted by Gasteiger charge is -2.26. The van der Waals surface area contributed by atoms with Crippen molar-refractivity contribution in [3.05, 3.63) is 34.3 Å². The summed E-state index contributed by atoms with van der Waals surface area (Å²) in [7, 11) is 0. The van der Waals surface area contributed by atoms with Crippen LogP contribution >= 0.6 is 11.6 Å². The fourth-order valence-corrected chi connectivity index (χ4v) is 2.88. The van der Waals surface area contributed by atoms with Gasteiger partial charge in [-0.25, -0.2) is 0 Å². The van der Waals surface area contributed by atoms with Crippen LogP contribution in [0.15, 0.2) is 18.2 Å². The Balaban J connectivity index is 2.78. The molecule has 1 rings (SSSR count). The molecule has 0 amide bonds. The fraction of sp³-hybridized carbons (Fsp3) is 0.647. The second kappa shape index (κ2) is 8.74. The predicted molar refractivity (Wildman–Crippen MR) is 88.6 cm³/mol. The molecule has 0 saturated carbocycles. The van der Waals surface area contributed by atoms with E-state index in [0.29, 0.717) is 18.0 Å². The van der Waals surface area contributed by atoms with Gasteiger partial charge in [0.25, 0.3) is 0 Å². The molecule has 2 unspecified atom stereocenters. The molecule has 0 aromatic heterocycles. The highest BCUT2D eigenvalue weighted by Crippen LogP contribution is 2.28. The molecule has 0 heterocycles. The molecule has 3 nitrogen and oxygen atoms in total. The molecular weight excluding hydrogens is 286 g/mol. The van der Waals surface area contributed by atoms with Crippen molar-refractivity contribution in [3.63, 3.8) is 0 Å². The molecule has 4 heteroatoms. The van der Waals surface area contributed by atoms with Crippen molar-refractivity contribution in [1.29, 1.82) is 0 Å². The summed E-state index contributed by atoms with van der Waals surface area (Å²) in [5, 5.41) is 21.1. The van der Waals surface area contributed by atoms with E-state index in [-0.39, 0.29) is 0 Å². The summed E-state index contributed by atoms with van der Waals surface area (Å²) in [6.45, 7) is 4.53. The first kappa shape index (κ1) is 18.4. The molecule has 1 aromatic rings. The molecule has 1 aromatic carbocycles. The number of aryl methyl sites for hydroxylation is 1. The lowest BCUT2D eigenvalue weighted by molar-refractivity contribution is 0.0185. The largest absolute Gasteiger partial charge is 0.390 e. The molecule has 0 aliphatic rings. The Hall–Kier alpha value is -0.610. The van der Waals surface area contributed by atoms with Crippen LogP contribution in [0.4, 0.5) is 0 Å². The number of benzene rings is 1. The standard InChI is InChI=1S/C17H28ClNO2/c1-3-9-17(21,4-2)10-7-13-5-6-15(18)14(12-13)16(20)8-11-19/h5-6,12,16,20-21H,3-4,7-11,19H2,1-2H3. The second-order valence-corrected chi connectivity index (χ2v) is 6.18. The van der Waals surface area contributed by atoms with Crippen molar-refractivity contribution >= 4 is 11.6 Å². The van der Waals surface area contributed by atoms with Gasteiger partial charge in [0.05, 0.1) is 11.7 Å². The third-order valence-corrected chi connectivity index (χ3v) is 4.46. The van der Waals surface area contributed by atoms with Gasteiger partial charge in [-0.2, -0.15) is 0 Å². The number of nitrogens with two attached hydrogens (primary N) is 1. The monoisotopic (exact) mass is 313 g/mol. The van der Waals surface area contributed by atoms with Gasteiger partial charge in [-0.15, -0.1) is 0 Å². The zero-order valence-corrected chi connectivity index (χ0v) is 13.9. The number of hydrogen-bond acceptors (Lipinski definition) is 3. The smallest absolute Gasteiger partial charge is 0.0816 e. The van der Waals surface area contributed by atoms with Gasteiger partial charge in [-0.3, -0.25) is 0 Å². The maximum atomic E-state index is 10.5. The van der Waals surface area contributed by atoms with Gasteiger partial charge in [0, 0.05) is 5.02 Å². The van der Waals surface area contributed by atoms with Crippen LogP contribution < -0.4 is 5.73 Å². The molecule has 0 aliphatic heterocycles. The summed E-state index contributed by atoms with van der Waals surface area (Å²) in [4.78, 5) is 0. The van der Waals surface area contributed by atoms with Gasteiger partial charge in [-0.05, 0) is 55.8 Å². The second-order valence-electron chi connectivity index (χ2n) is 5.78. The van der Waals surface area contributed by atoms with Crippen molar-refractivity contribution in [2.24, 2.45) is 5.73 Å². The highest BCUT2D eigenvalue weighted by Gasteiger charge is 2.23. The first-order chi connectivity index (χ1) is 9.95. The first-order valence-electron chi connectivity index (χ1n) is 7.84. The van der Waals surface area contributed by atoms with Crippen LogP contribution in [0.2, 0.25) is 5.02 Å². The molecule has 4 N–H and O–H groups in total. The van der Waals surface area contributed by atoms with Crippen LogP contribution in [0, 0.1) is 0 Å². The molecule has 0 bridgehead atoms. The van der Waals surface area contributed by atoms with E-state index in [1.54, 1.807) is 0 Å². The van der Waals surface area contributed by atoms with E-state index in [9.17, 15) is 10.2 Å². The highest BCUT2D eigenvalue weighted by molar-refractivity contribution is 6.31. The Labute approximate surface area is 133 Å². The summed E-state index contributed by atoms with van der Waals surface area (Å²) in [6.07, 6.45) is 3.94. The minimum absolute atomic E-state index is 0.424. The molecule has 21 heavy (non-hydrogen) atoms. The van der Waals surface area contributed by atoms with E-state index < -0.39 is 11.7 Å². The van der Waals surface area contributed by atoms with E-state index in [0.717, 1.165) is 43.2 Å². The highest BCUT2D eigenvalue weighted by atomic mass is 35.5. The Kier molecular flexibility index (Phi) is 7.67. The van der Waals surface area contributed by atoms with Gasteiger partial charge in [0.1, 0.15) is 0 Å². The third kappa shape index (κ3) is 5.59. The van der Waals surface area contributed by atoms with Gasteiger partial charge < -0.3 is 15.9 Å². The van der Waals surface area contributed by atoms with Crippen LogP contribution in [0.25, 0.3) is 0 Å². The van der Waals surface area contributed by atoms with Crippen LogP contribution in [0.3, 0.4) is 0 Å². The van der Waals surface area contributed by atoms with Crippen LogP contribution in [0.5, 0.6) is 0 Å². The quantitative estimate of drug-likeness (QED) is 0.652. The molecule has 0 radical (unpaired) electrons. The van der Waals surface area contributed by atoms with Crippen molar-refractivity contribution in [1.82, 2.24) is 0 Å². The van der Waals surface area contributed by atoms with E-state index in [1.807, 2.05) is 25.1 Å². The minimum atomic E-state index is -0.622. The van der Waals surface area contributed by atoms with E-state index in [2.05, 4.69) is 6.92 Å². The number of aliphatic hydroxyl groups excluding tert-OH is 1. The SMILES string of the molecule is CCCC(O)(CC)CCc1ccc(Cl)c(C(O)CCN)c1. The van der Waals surface area contributed by atoms with E-state index >= 15 is 0 Å². The summed E-state index contributed by atoms with van der Waals surface area (Å²) >= 11 is 6.14. The van der Waals surface area contributed by atoms with E-state index in [1.165, 1.54) is 0 Å². The van der Waals surface area contributed by atoms with Gasteiger partial charge in [0.15, 0.2) is 0 Å². The lowest BCUT2D eigenvalue weighted by Crippen LogP contribution is -2.28. The molecule has 120 valence electrons. The Morgan fingerprint density at radius 2 is 2.00 bits per heavy atom. The number of aliphatic hydroxyl groups is 2. The number of rotatable bonds is 9. The predicted octanol–water partition coefficient (Wildman–Crippen LogP) is 3.60. The zero-order valence-electron chi connectivity index (χ0n) is 13.1. The topological polar surface area (TPSA) is 66.5 Å². The van der Waals surface area contributed by atoms with Crippen LogP contribution in [0.1, 0.15) is 63.2 Å². The van der Waals surface area contributed by atoms with Gasteiger partial charge in [0.2, 0.25) is 0 Å². The lowest BCUT2D eigenvalue weighted by atomic mass is 9.88. The van der Waals surface area contributed by atoms with Crippen LogP contribution in [-0.4, -0.2) is 22.4 Å². The third-order valence-electron chi connectivity index (χ3n) is 4.11. The molecule has 0 fully saturated rings. The number of halogens is 1. The van der Waals surface area contributed by atoms with E-state index in [4.69, 9.17) is 17.3 Å². The Morgan fingerprint density at radius 3 is 2.57 bits per heavy atom. The normalized spacial score (nSPS) is 15.7. The van der Waals surface area contributed by atoms with Crippen molar-refractivity contribution in [3.8, 4) is 0 Å². The average Bonchev–Trinajstić information content (AvgIpc) is 2.47. The number of hydrogen-bond donors (Lipinski definition) is 3. The summed E-state index contributed by atoms with van der Waals surface area (Å²) in [6, 6.07) is 5.71. The average molecular weight is 314 g/mol. The van der Waals surface area contributed by atoms with Crippen molar-refractivity contribution in [2.45, 2.75) is 64.1 Å². The van der Waals surface area contributed by atoms with Gasteiger partial charge in [-0.1, -0.05) is 44.0 Å². The molecule has 2 atom stereocenters. The van der Waals surface area contributed by atoms with Crippen molar-refractivity contribution < 1.29 is 10.2 Å². The fourth-order valence-electron chi connectivity index (χ4n) is 2.64. The van der Waals surface area contributed by atoms with Gasteiger partial charge >= 0.3 is 0 Å².